The summed E-state index contributed by atoms with van der Waals surface area (Å²) in [7, 11) is 0. The van der Waals surface area contributed by atoms with Crippen LogP contribution in [0.25, 0.3) is 0 Å². The van der Waals surface area contributed by atoms with Gasteiger partial charge in [0.15, 0.2) is 0 Å². The fourth-order valence-electron chi connectivity index (χ4n) is 1.56. The Bertz CT molecular complexity index is 485. The van der Waals surface area contributed by atoms with Gasteiger partial charge in [0.2, 0.25) is 0 Å². The molecule has 0 saturated carbocycles. The van der Waals surface area contributed by atoms with Crippen LogP contribution in [-0.2, 0) is 0 Å². The van der Waals surface area contributed by atoms with Crippen LogP contribution >= 0.6 is 15.9 Å². The van der Waals surface area contributed by atoms with E-state index in [0.29, 0.717) is 4.47 Å². The Morgan fingerprint density at radius 2 is 1.69 bits per heavy atom. The molecule has 0 aliphatic carbocycles. The number of nitrogens with two attached hydrogens (primary N) is 1. The largest absolute Gasteiger partial charge is 0.320 e. The van der Waals surface area contributed by atoms with Crippen molar-refractivity contribution in [3.63, 3.8) is 0 Å². The van der Waals surface area contributed by atoms with Gasteiger partial charge in [-0.1, -0.05) is 36.4 Å². The average molecular weight is 280 g/mol. The molecule has 0 bridgehead atoms. The van der Waals surface area contributed by atoms with Gasteiger partial charge < -0.3 is 5.73 Å². The summed E-state index contributed by atoms with van der Waals surface area (Å²) < 4.78 is 13.5. The van der Waals surface area contributed by atoms with E-state index in [2.05, 4.69) is 15.9 Å². The zero-order chi connectivity index (χ0) is 11.5. The smallest absolute Gasteiger partial charge is 0.137 e. The molecule has 0 aliphatic rings. The summed E-state index contributed by atoms with van der Waals surface area (Å²) in [5.74, 6) is -0.274. The number of halogens is 2. The van der Waals surface area contributed by atoms with E-state index in [1.807, 2.05) is 30.3 Å². The molecule has 3 heteroatoms. The second kappa shape index (κ2) is 4.76. The molecule has 2 aromatic carbocycles. The van der Waals surface area contributed by atoms with E-state index in [1.165, 1.54) is 6.07 Å². The molecule has 0 aromatic heterocycles. The van der Waals surface area contributed by atoms with Gasteiger partial charge in [-0.15, -0.1) is 0 Å². The van der Waals surface area contributed by atoms with Gasteiger partial charge in [-0.05, 0) is 39.2 Å². The van der Waals surface area contributed by atoms with Gasteiger partial charge in [-0.3, -0.25) is 0 Å². The molecule has 0 aliphatic heterocycles. The quantitative estimate of drug-likeness (QED) is 0.893. The molecule has 1 nitrogen and oxygen atoms in total. The van der Waals surface area contributed by atoms with Crippen LogP contribution in [0.2, 0.25) is 0 Å². The molecule has 2 rings (SSSR count). The van der Waals surface area contributed by atoms with Crippen molar-refractivity contribution >= 4 is 15.9 Å². The molecule has 82 valence electrons. The van der Waals surface area contributed by atoms with E-state index < -0.39 is 0 Å². The Morgan fingerprint density at radius 1 is 1.00 bits per heavy atom. The van der Waals surface area contributed by atoms with Crippen molar-refractivity contribution in [3.8, 4) is 0 Å². The number of hydrogen-bond acceptors (Lipinski definition) is 1. The topological polar surface area (TPSA) is 26.0 Å². The summed E-state index contributed by atoms with van der Waals surface area (Å²) >= 11 is 3.16. The highest BCUT2D eigenvalue weighted by molar-refractivity contribution is 9.10. The monoisotopic (exact) mass is 279 g/mol. The van der Waals surface area contributed by atoms with Crippen LogP contribution in [0.3, 0.4) is 0 Å². The van der Waals surface area contributed by atoms with Gasteiger partial charge in [0.25, 0.3) is 0 Å². The van der Waals surface area contributed by atoms with Gasteiger partial charge in [0, 0.05) is 0 Å². The second-order valence-corrected chi connectivity index (χ2v) is 4.42. The Hall–Kier alpha value is -1.19. The fraction of sp³-hybridized carbons (Fsp3) is 0.0769. The van der Waals surface area contributed by atoms with Crippen molar-refractivity contribution in [1.29, 1.82) is 0 Å². The molecule has 2 aromatic rings. The van der Waals surface area contributed by atoms with Crippen LogP contribution in [0.15, 0.2) is 53.0 Å². The summed E-state index contributed by atoms with van der Waals surface area (Å²) in [6, 6.07) is 14.4. The molecule has 2 N–H and O–H groups in total. The first kappa shape index (κ1) is 11.3. The molecule has 0 spiro atoms. The standard InChI is InChI=1S/C13H11BrFN/c14-11-8-10(6-7-12(11)15)13(16)9-4-2-1-3-5-9/h1-8,13H,16H2. The zero-order valence-corrected chi connectivity index (χ0v) is 10.1. The highest BCUT2D eigenvalue weighted by Crippen LogP contribution is 2.24. The third-order valence-electron chi connectivity index (χ3n) is 2.46. The predicted octanol–water partition coefficient (Wildman–Crippen LogP) is 3.64. The molecule has 16 heavy (non-hydrogen) atoms. The van der Waals surface area contributed by atoms with Crippen molar-refractivity contribution in [1.82, 2.24) is 0 Å². The molecule has 0 heterocycles. The SMILES string of the molecule is NC(c1ccccc1)c1ccc(F)c(Br)c1. The van der Waals surface area contributed by atoms with Crippen LogP contribution in [0.4, 0.5) is 4.39 Å². The molecular weight excluding hydrogens is 269 g/mol. The lowest BCUT2D eigenvalue weighted by atomic mass is 10.00. The Morgan fingerprint density at radius 3 is 2.31 bits per heavy atom. The predicted molar refractivity (Wildman–Crippen MR) is 66.6 cm³/mol. The van der Waals surface area contributed by atoms with Crippen LogP contribution in [0, 0.1) is 5.82 Å². The van der Waals surface area contributed by atoms with Crippen LogP contribution in [-0.4, -0.2) is 0 Å². The van der Waals surface area contributed by atoms with Crippen LogP contribution < -0.4 is 5.73 Å². The molecule has 0 amide bonds. The third-order valence-corrected chi connectivity index (χ3v) is 3.07. The fourth-order valence-corrected chi connectivity index (χ4v) is 1.96. The maximum Gasteiger partial charge on any atom is 0.137 e. The highest BCUT2D eigenvalue weighted by Gasteiger charge is 2.10. The summed E-state index contributed by atoms with van der Waals surface area (Å²) in [6.07, 6.45) is 0. The van der Waals surface area contributed by atoms with E-state index in [4.69, 9.17) is 5.73 Å². The maximum absolute atomic E-state index is 13.1. The van der Waals surface area contributed by atoms with Crippen molar-refractivity contribution < 1.29 is 4.39 Å². The van der Waals surface area contributed by atoms with E-state index in [1.54, 1.807) is 12.1 Å². The van der Waals surface area contributed by atoms with Crippen LogP contribution in [0.5, 0.6) is 0 Å². The molecule has 0 fully saturated rings. The molecular formula is C13H11BrFN. The number of hydrogen-bond donors (Lipinski definition) is 1. The Labute approximate surface area is 102 Å². The minimum absolute atomic E-state index is 0.224. The summed E-state index contributed by atoms with van der Waals surface area (Å²) in [5, 5.41) is 0. The van der Waals surface area contributed by atoms with Crippen molar-refractivity contribution in [2.45, 2.75) is 6.04 Å². The van der Waals surface area contributed by atoms with Gasteiger partial charge in [0.05, 0.1) is 10.5 Å². The van der Waals surface area contributed by atoms with Gasteiger partial charge >= 0.3 is 0 Å². The summed E-state index contributed by atoms with van der Waals surface area (Å²) in [5.41, 5.74) is 8.00. The van der Waals surface area contributed by atoms with Gasteiger partial charge in [0.1, 0.15) is 5.82 Å². The highest BCUT2D eigenvalue weighted by atomic mass is 79.9. The minimum Gasteiger partial charge on any atom is -0.320 e. The summed E-state index contributed by atoms with van der Waals surface area (Å²) in [6.45, 7) is 0. The van der Waals surface area contributed by atoms with E-state index in [-0.39, 0.29) is 11.9 Å². The van der Waals surface area contributed by atoms with Gasteiger partial charge in [-0.2, -0.15) is 0 Å². The molecule has 1 unspecified atom stereocenters. The van der Waals surface area contributed by atoms with Crippen molar-refractivity contribution in [2.24, 2.45) is 5.73 Å². The zero-order valence-electron chi connectivity index (χ0n) is 8.53. The summed E-state index contributed by atoms with van der Waals surface area (Å²) in [4.78, 5) is 0. The van der Waals surface area contributed by atoms with Gasteiger partial charge in [-0.25, -0.2) is 4.39 Å². The minimum atomic E-state index is -0.274. The maximum atomic E-state index is 13.1. The first-order chi connectivity index (χ1) is 7.68. The van der Waals surface area contributed by atoms with E-state index in [0.717, 1.165) is 11.1 Å². The third kappa shape index (κ3) is 2.31. The lowest BCUT2D eigenvalue weighted by Gasteiger charge is -2.12. The lowest BCUT2D eigenvalue weighted by Crippen LogP contribution is -2.11. The Balaban J connectivity index is 2.34. The lowest BCUT2D eigenvalue weighted by molar-refractivity contribution is 0.619. The van der Waals surface area contributed by atoms with E-state index >= 15 is 0 Å². The first-order valence-electron chi connectivity index (χ1n) is 4.94. The second-order valence-electron chi connectivity index (χ2n) is 3.56. The average Bonchev–Trinajstić information content (AvgIpc) is 2.33. The normalized spacial score (nSPS) is 12.4. The number of rotatable bonds is 2. The Kier molecular flexibility index (Phi) is 3.36. The van der Waals surface area contributed by atoms with Crippen LogP contribution in [0.1, 0.15) is 17.2 Å². The van der Waals surface area contributed by atoms with Crippen molar-refractivity contribution in [3.05, 3.63) is 69.9 Å². The van der Waals surface area contributed by atoms with E-state index in [9.17, 15) is 4.39 Å². The molecule has 0 saturated heterocycles. The molecule has 0 radical (unpaired) electrons. The first-order valence-corrected chi connectivity index (χ1v) is 5.73. The van der Waals surface area contributed by atoms with Crippen molar-refractivity contribution in [2.75, 3.05) is 0 Å². The molecule has 1 atom stereocenters. The number of benzene rings is 2.